The minimum absolute atomic E-state index is 0.0212. The zero-order valence-electron chi connectivity index (χ0n) is 12.9. The van der Waals surface area contributed by atoms with Crippen LogP contribution >= 0.6 is 11.8 Å². The summed E-state index contributed by atoms with van der Waals surface area (Å²) in [5.74, 6) is -0.454. The number of nitrogens with zero attached hydrogens (tertiary/aromatic N) is 2. The number of halogens is 3. The Bertz CT molecular complexity index is 653. The molecule has 124 valence electrons. The third-order valence-corrected chi connectivity index (χ3v) is 4.14. The number of hydrazone groups is 1. The fourth-order valence-corrected chi connectivity index (χ4v) is 2.91. The maximum Gasteiger partial charge on any atom is 0.416 e. The quantitative estimate of drug-likeness (QED) is 0.563. The molecule has 1 aromatic carbocycles. The average molecular weight is 342 g/mol. The zero-order chi connectivity index (χ0) is 17.0. The standard InChI is InChI=1S/C16H17F3N2OS/c1-3-4-8-21-15(23-11(2)20-21)10-14(22)12-6-5-7-13(9-12)16(17,18)19/h5-7,9-10H,3-4,8H2,1-2H3/b15-10-. The Morgan fingerprint density at radius 2 is 2.13 bits per heavy atom. The topological polar surface area (TPSA) is 32.7 Å². The minimum atomic E-state index is -4.46. The van der Waals surface area contributed by atoms with Gasteiger partial charge >= 0.3 is 6.18 Å². The van der Waals surface area contributed by atoms with Crippen molar-refractivity contribution in [3.05, 3.63) is 46.5 Å². The highest BCUT2D eigenvalue weighted by Gasteiger charge is 2.31. The third-order valence-electron chi connectivity index (χ3n) is 3.22. The first-order chi connectivity index (χ1) is 10.8. The second-order valence-corrected chi connectivity index (χ2v) is 6.34. The van der Waals surface area contributed by atoms with Crippen LogP contribution in [-0.2, 0) is 6.18 Å². The normalized spacial score (nSPS) is 16.8. The van der Waals surface area contributed by atoms with Gasteiger partial charge in [-0.1, -0.05) is 37.2 Å². The van der Waals surface area contributed by atoms with Crippen molar-refractivity contribution < 1.29 is 18.0 Å². The Hall–Kier alpha value is -1.76. The lowest BCUT2D eigenvalue weighted by Crippen LogP contribution is -2.14. The fraction of sp³-hybridized carbons (Fsp3) is 0.375. The number of ketones is 1. The smallest absolute Gasteiger partial charge is 0.289 e. The highest BCUT2D eigenvalue weighted by molar-refractivity contribution is 8.17. The van der Waals surface area contributed by atoms with E-state index in [-0.39, 0.29) is 5.56 Å². The van der Waals surface area contributed by atoms with E-state index in [1.807, 2.05) is 6.92 Å². The summed E-state index contributed by atoms with van der Waals surface area (Å²) in [6.07, 6.45) is -1.19. The summed E-state index contributed by atoms with van der Waals surface area (Å²) >= 11 is 1.35. The van der Waals surface area contributed by atoms with Crippen LogP contribution in [0.25, 0.3) is 0 Å². The van der Waals surface area contributed by atoms with Crippen LogP contribution in [0.4, 0.5) is 13.2 Å². The van der Waals surface area contributed by atoms with E-state index in [1.165, 1.54) is 30.0 Å². The second-order valence-electron chi connectivity index (χ2n) is 5.12. The number of hydrogen-bond donors (Lipinski definition) is 0. The average Bonchev–Trinajstić information content (AvgIpc) is 2.84. The molecule has 1 aliphatic rings. The molecule has 1 aromatic rings. The number of carbonyl (C=O) groups excluding carboxylic acids is 1. The van der Waals surface area contributed by atoms with Gasteiger partial charge in [0.05, 0.1) is 10.6 Å². The van der Waals surface area contributed by atoms with Gasteiger partial charge in [0.2, 0.25) is 0 Å². The lowest BCUT2D eigenvalue weighted by Gasteiger charge is -2.14. The van der Waals surface area contributed by atoms with E-state index < -0.39 is 17.5 Å². The van der Waals surface area contributed by atoms with Crippen LogP contribution in [0.3, 0.4) is 0 Å². The van der Waals surface area contributed by atoms with Gasteiger partial charge in [-0.05, 0) is 25.5 Å². The van der Waals surface area contributed by atoms with E-state index in [0.717, 1.165) is 30.0 Å². The zero-order valence-corrected chi connectivity index (χ0v) is 13.7. The maximum absolute atomic E-state index is 12.7. The molecule has 0 spiro atoms. The summed E-state index contributed by atoms with van der Waals surface area (Å²) in [7, 11) is 0. The van der Waals surface area contributed by atoms with Crippen molar-refractivity contribution in [1.29, 1.82) is 0 Å². The van der Waals surface area contributed by atoms with Crippen molar-refractivity contribution >= 4 is 22.6 Å². The van der Waals surface area contributed by atoms with Crippen LogP contribution < -0.4 is 0 Å². The fourth-order valence-electron chi connectivity index (χ4n) is 2.06. The Kier molecular flexibility index (Phi) is 5.51. The van der Waals surface area contributed by atoms with E-state index in [2.05, 4.69) is 12.0 Å². The van der Waals surface area contributed by atoms with Gasteiger partial charge in [0.25, 0.3) is 0 Å². The number of thioether (sulfide) groups is 1. The van der Waals surface area contributed by atoms with E-state index in [4.69, 9.17) is 0 Å². The first kappa shape index (κ1) is 17.6. The molecule has 0 N–H and O–H groups in total. The van der Waals surface area contributed by atoms with Crippen LogP contribution in [-0.4, -0.2) is 22.4 Å². The van der Waals surface area contributed by atoms with Gasteiger partial charge < -0.3 is 0 Å². The lowest BCUT2D eigenvalue weighted by molar-refractivity contribution is -0.137. The predicted molar refractivity (Wildman–Crippen MR) is 86.2 cm³/mol. The third kappa shape index (κ3) is 4.60. The SMILES string of the molecule is CCCCN1N=C(C)S/C1=C\C(=O)c1cccc(C(F)(F)F)c1. The van der Waals surface area contributed by atoms with E-state index in [9.17, 15) is 18.0 Å². The first-order valence-corrected chi connectivity index (χ1v) is 8.07. The summed E-state index contributed by atoms with van der Waals surface area (Å²) in [6.45, 7) is 4.57. The van der Waals surface area contributed by atoms with Gasteiger partial charge in [0.1, 0.15) is 5.03 Å². The van der Waals surface area contributed by atoms with Crippen molar-refractivity contribution in [3.63, 3.8) is 0 Å². The number of benzene rings is 1. The highest BCUT2D eigenvalue weighted by Crippen LogP contribution is 2.32. The molecule has 7 heteroatoms. The summed E-state index contributed by atoms with van der Waals surface area (Å²) in [6, 6.07) is 4.46. The number of rotatable bonds is 5. The van der Waals surface area contributed by atoms with Crippen molar-refractivity contribution in [2.45, 2.75) is 32.9 Å². The molecule has 2 rings (SSSR count). The summed E-state index contributed by atoms with van der Waals surface area (Å²) in [5.41, 5.74) is -0.802. The largest absolute Gasteiger partial charge is 0.416 e. The van der Waals surface area contributed by atoms with Gasteiger partial charge in [-0.2, -0.15) is 18.3 Å². The molecule has 0 saturated carbocycles. The van der Waals surface area contributed by atoms with Crippen LogP contribution in [0.1, 0.15) is 42.6 Å². The van der Waals surface area contributed by atoms with Crippen LogP contribution in [0.15, 0.2) is 40.5 Å². The minimum Gasteiger partial charge on any atom is -0.289 e. The molecule has 0 saturated heterocycles. The highest BCUT2D eigenvalue weighted by atomic mass is 32.2. The summed E-state index contributed by atoms with van der Waals surface area (Å²) in [4.78, 5) is 12.3. The monoisotopic (exact) mass is 342 g/mol. The molecule has 1 aliphatic heterocycles. The summed E-state index contributed by atoms with van der Waals surface area (Å²) in [5, 5.41) is 7.52. The molecule has 0 fully saturated rings. The molecular weight excluding hydrogens is 325 g/mol. The molecule has 3 nitrogen and oxygen atoms in total. The molecule has 0 unspecified atom stereocenters. The number of allylic oxidation sites excluding steroid dienone is 1. The molecular formula is C16H17F3N2OS. The summed E-state index contributed by atoms with van der Waals surface area (Å²) < 4.78 is 38.2. The molecule has 1 heterocycles. The molecule has 0 aliphatic carbocycles. The molecule has 0 amide bonds. The van der Waals surface area contributed by atoms with Crippen molar-refractivity contribution in [2.24, 2.45) is 5.10 Å². The number of carbonyl (C=O) groups is 1. The maximum atomic E-state index is 12.7. The molecule has 0 aromatic heterocycles. The van der Waals surface area contributed by atoms with Crippen molar-refractivity contribution in [1.82, 2.24) is 5.01 Å². The second kappa shape index (κ2) is 7.21. The Morgan fingerprint density at radius 3 is 2.78 bits per heavy atom. The lowest BCUT2D eigenvalue weighted by atomic mass is 10.1. The van der Waals surface area contributed by atoms with Crippen molar-refractivity contribution in [3.8, 4) is 0 Å². The number of alkyl halides is 3. The van der Waals surface area contributed by atoms with E-state index in [1.54, 1.807) is 5.01 Å². The van der Waals surface area contributed by atoms with Crippen LogP contribution in [0, 0.1) is 0 Å². The Morgan fingerprint density at radius 1 is 1.39 bits per heavy atom. The van der Waals surface area contributed by atoms with Crippen LogP contribution in [0.5, 0.6) is 0 Å². The molecule has 23 heavy (non-hydrogen) atoms. The van der Waals surface area contributed by atoms with E-state index in [0.29, 0.717) is 11.6 Å². The number of hydrogen-bond acceptors (Lipinski definition) is 4. The van der Waals surface area contributed by atoms with Crippen molar-refractivity contribution in [2.75, 3.05) is 6.54 Å². The Balaban J connectivity index is 2.20. The first-order valence-electron chi connectivity index (χ1n) is 7.25. The van der Waals surface area contributed by atoms with Gasteiger partial charge in [-0.25, -0.2) is 0 Å². The molecule has 0 radical (unpaired) electrons. The van der Waals surface area contributed by atoms with Gasteiger partial charge in [-0.15, -0.1) is 0 Å². The van der Waals surface area contributed by atoms with Crippen LogP contribution in [0.2, 0.25) is 0 Å². The van der Waals surface area contributed by atoms with Gasteiger partial charge in [0.15, 0.2) is 5.78 Å². The van der Waals surface area contributed by atoms with Gasteiger partial charge in [-0.3, -0.25) is 9.80 Å². The van der Waals surface area contributed by atoms with Gasteiger partial charge in [0, 0.05) is 18.2 Å². The number of unbranched alkanes of at least 4 members (excludes halogenated alkanes) is 1. The predicted octanol–water partition coefficient (Wildman–Crippen LogP) is 4.91. The molecule has 0 bridgehead atoms. The molecule has 0 atom stereocenters. The Labute approximate surface area is 137 Å². The van der Waals surface area contributed by atoms with E-state index >= 15 is 0 Å².